The summed E-state index contributed by atoms with van der Waals surface area (Å²) in [6.45, 7) is -0.572. The number of amides is 2. The number of halogens is 1. The van der Waals surface area contributed by atoms with E-state index in [1.165, 1.54) is 31.3 Å². The Kier molecular flexibility index (Phi) is 5.62. The predicted molar refractivity (Wildman–Crippen MR) is 85.1 cm³/mol. The molecule has 0 unspecified atom stereocenters. The second-order valence-electron chi connectivity index (χ2n) is 4.76. The van der Waals surface area contributed by atoms with Crippen molar-refractivity contribution in [2.75, 3.05) is 19.0 Å². The van der Waals surface area contributed by atoms with E-state index < -0.39 is 24.3 Å². The van der Waals surface area contributed by atoms with Crippen LogP contribution >= 0.6 is 0 Å². The van der Waals surface area contributed by atoms with Gasteiger partial charge in [-0.15, -0.1) is 0 Å². The van der Waals surface area contributed by atoms with Crippen molar-refractivity contribution >= 4 is 23.5 Å². The van der Waals surface area contributed by atoms with Crippen LogP contribution < -0.4 is 10.6 Å². The van der Waals surface area contributed by atoms with Crippen LogP contribution in [0.2, 0.25) is 0 Å². The number of anilines is 1. The molecule has 0 heterocycles. The summed E-state index contributed by atoms with van der Waals surface area (Å²) in [7, 11) is 1.50. The lowest BCUT2D eigenvalue weighted by molar-refractivity contribution is -0.119. The molecule has 0 fully saturated rings. The third kappa shape index (κ3) is 4.39. The fourth-order valence-corrected chi connectivity index (χ4v) is 1.92. The van der Waals surface area contributed by atoms with E-state index in [9.17, 15) is 18.8 Å². The Bertz CT molecular complexity index is 777. The lowest BCUT2D eigenvalue weighted by atomic mass is 10.2. The first-order valence-corrected chi connectivity index (χ1v) is 7.05. The Morgan fingerprint density at radius 2 is 1.83 bits per heavy atom. The van der Waals surface area contributed by atoms with E-state index in [2.05, 4.69) is 10.6 Å². The van der Waals surface area contributed by atoms with E-state index in [1.807, 2.05) is 0 Å². The molecule has 124 valence electrons. The smallest absolute Gasteiger partial charge is 0.341 e. The zero-order valence-corrected chi connectivity index (χ0v) is 12.8. The summed E-state index contributed by atoms with van der Waals surface area (Å²) in [4.78, 5) is 35.0. The van der Waals surface area contributed by atoms with Crippen LogP contribution in [0.25, 0.3) is 0 Å². The molecule has 0 saturated heterocycles. The highest BCUT2D eigenvalue weighted by Gasteiger charge is 2.14. The Labute approximate surface area is 137 Å². The molecule has 0 aromatic heterocycles. The number of ether oxygens (including phenoxy) is 1. The van der Waals surface area contributed by atoms with Gasteiger partial charge in [-0.25, -0.2) is 9.18 Å². The number of nitrogens with one attached hydrogen (secondary N) is 2. The van der Waals surface area contributed by atoms with Gasteiger partial charge in [0.15, 0.2) is 6.61 Å². The zero-order valence-electron chi connectivity index (χ0n) is 12.8. The second kappa shape index (κ2) is 7.87. The second-order valence-corrected chi connectivity index (χ2v) is 4.76. The van der Waals surface area contributed by atoms with Gasteiger partial charge in [-0.2, -0.15) is 0 Å². The third-order valence-electron chi connectivity index (χ3n) is 3.06. The van der Waals surface area contributed by atoms with Crippen LogP contribution in [0.15, 0.2) is 48.5 Å². The molecule has 2 rings (SSSR count). The molecule has 24 heavy (non-hydrogen) atoms. The lowest BCUT2D eigenvalue weighted by Crippen LogP contribution is -2.22. The molecule has 0 spiro atoms. The van der Waals surface area contributed by atoms with Gasteiger partial charge in [-0.3, -0.25) is 9.59 Å². The summed E-state index contributed by atoms with van der Waals surface area (Å²) in [6.07, 6.45) is 0. The fourth-order valence-electron chi connectivity index (χ4n) is 1.92. The summed E-state index contributed by atoms with van der Waals surface area (Å²) < 4.78 is 18.2. The van der Waals surface area contributed by atoms with Crippen LogP contribution in [0.3, 0.4) is 0 Å². The molecule has 0 bridgehead atoms. The van der Waals surface area contributed by atoms with Crippen LogP contribution in [0.4, 0.5) is 10.1 Å². The summed E-state index contributed by atoms with van der Waals surface area (Å²) in [5, 5.41) is 4.96. The van der Waals surface area contributed by atoms with Crippen molar-refractivity contribution in [2.24, 2.45) is 0 Å². The Balaban J connectivity index is 1.93. The largest absolute Gasteiger partial charge is 0.452 e. The molecule has 2 amide bonds. The van der Waals surface area contributed by atoms with Gasteiger partial charge in [0, 0.05) is 18.3 Å². The van der Waals surface area contributed by atoms with E-state index in [-0.39, 0.29) is 11.5 Å². The average molecular weight is 330 g/mol. The molecule has 2 aromatic carbocycles. The van der Waals surface area contributed by atoms with E-state index in [0.717, 1.165) is 6.07 Å². The highest BCUT2D eigenvalue weighted by Crippen LogP contribution is 2.11. The first kappa shape index (κ1) is 17.1. The van der Waals surface area contributed by atoms with Crippen molar-refractivity contribution in [3.63, 3.8) is 0 Å². The quantitative estimate of drug-likeness (QED) is 0.821. The van der Waals surface area contributed by atoms with Gasteiger partial charge in [-0.05, 0) is 30.3 Å². The monoisotopic (exact) mass is 330 g/mol. The number of carbonyl (C=O) groups is 3. The Morgan fingerprint density at radius 3 is 2.54 bits per heavy atom. The summed E-state index contributed by atoms with van der Waals surface area (Å²) in [6, 6.07) is 11.6. The summed E-state index contributed by atoms with van der Waals surface area (Å²) in [5.41, 5.74) is 0.508. The molecule has 0 aliphatic carbocycles. The minimum Gasteiger partial charge on any atom is -0.452 e. The Morgan fingerprint density at radius 1 is 1.08 bits per heavy atom. The lowest BCUT2D eigenvalue weighted by Gasteiger charge is -2.08. The molecule has 0 saturated carbocycles. The zero-order chi connectivity index (χ0) is 17.5. The number of rotatable bonds is 5. The average Bonchev–Trinajstić information content (AvgIpc) is 2.59. The van der Waals surface area contributed by atoms with Crippen molar-refractivity contribution in [1.29, 1.82) is 0 Å². The van der Waals surface area contributed by atoms with Gasteiger partial charge in [0.1, 0.15) is 5.82 Å². The topological polar surface area (TPSA) is 84.5 Å². The van der Waals surface area contributed by atoms with Gasteiger partial charge in [0.05, 0.1) is 5.56 Å². The van der Waals surface area contributed by atoms with Crippen LogP contribution in [0.1, 0.15) is 20.7 Å². The molecule has 0 aliphatic heterocycles. The highest BCUT2D eigenvalue weighted by atomic mass is 19.1. The van der Waals surface area contributed by atoms with Crippen molar-refractivity contribution in [2.45, 2.75) is 0 Å². The number of hydrogen-bond acceptors (Lipinski definition) is 4. The fraction of sp³-hybridized carbons (Fsp3) is 0.118. The van der Waals surface area contributed by atoms with Crippen molar-refractivity contribution in [3.8, 4) is 0 Å². The first-order valence-electron chi connectivity index (χ1n) is 7.05. The summed E-state index contributed by atoms with van der Waals surface area (Å²) >= 11 is 0. The number of carbonyl (C=O) groups excluding carboxylic acids is 3. The van der Waals surface area contributed by atoms with Gasteiger partial charge < -0.3 is 15.4 Å². The van der Waals surface area contributed by atoms with E-state index in [1.54, 1.807) is 18.2 Å². The van der Waals surface area contributed by atoms with Crippen molar-refractivity contribution in [1.82, 2.24) is 5.32 Å². The first-order chi connectivity index (χ1) is 11.5. The van der Waals surface area contributed by atoms with Crippen LogP contribution in [-0.4, -0.2) is 31.4 Å². The molecule has 0 atom stereocenters. The normalized spacial score (nSPS) is 9.92. The van der Waals surface area contributed by atoms with Gasteiger partial charge in [0.25, 0.3) is 11.8 Å². The Hall–Kier alpha value is -3.22. The maximum atomic E-state index is 13.4. The van der Waals surface area contributed by atoms with Crippen LogP contribution in [0, 0.1) is 5.82 Å². The van der Waals surface area contributed by atoms with E-state index in [4.69, 9.17) is 4.74 Å². The molecule has 0 aliphatic rings. The third-order valence-corrected chi connectivity index (χ3v) is 3.06. The van der Waals surface area contributed by atoms with Gasteiger partial charge >= 0.3 is 5.97 Å². The standard InChI is InChI=1S/C17H15FN2O4/c1-19-16(22)11-5-4-6-12(9-11)20-15(21)10-24-17(23)13-7-2-3-8-14(13)18/h2-9H,10H2,1H3,(H,19,22)(H,20,21). The SMILES string of the molecule is CNC(=O)c1cccc(NC(=O)COC(=O)c2ccccc2F)c1. The number of benzene rings is 2. The van der Waals surface area contributed by atoms with E-state index in [0.29, 0.717) is 11.3 Å². The molecular formula is C17H15FN2O4. The van der Waals surface area contributed by atoms with Crippen molar-refractivity contribution < 1.29 is 23.5 Å². The minimum atomic E-state index is -0.928. The van der Waals surface area contributed by atoms with Crippen LogP contribution in [-0.2, 0) is 9.53 Å². The van der Waals surface area contributed by atoms with Gasteiger partial charge in [0.2, 0.25) is 0 Å². The molecule has 6 nitrogen and oxygen atoms in total. The molecule has 2 N–H and O–H groups in total. The molecule has 0 radical (unpaired) electrons. The molecule has 7 heteroatoms. The van der Waals surface area contributed by atoms with Crippen molar-refractivity contribution in [3.05, 3.63) is 65.5 Å². The maximum absolute atomic E-state index is 13.4. The summed E-state index contributed by atoms with van der Waals surface area (Å²) in [5.74, 6) is -2.55. The number of hydrogen-bond donors (Lipinski definition) is 2. The van der Waals surface area contributed by atoms with Gasteiger partial charge in [-0.1, -0.05) is 18.2 Å². The number of esters is 1. The van der Waals surface area contributed by atoms with E-state index >= 15 is 0 Å². The van der Waals surface area contributed by atoms with Crippen LogP contribution in [0.5, 0.6) is 0 Å². The minimum absolute atomic E-state index is 0.244. The molecule has 2 aromatic rings. The highest BCUT2D eigenvalue weighted by molar-refractivity contribution is 5.98. The molecular weight excluding hydrogens is 315 g/mol. The predicted octanol–water partition coefficient (Wildman–Crippen LogP) is 1.98. The maximum Gasteiger partial charge on any atom is 0.341 e.